The molecular formula is C27H23F3N2O3. The van der Waals surface area contributed by atoms with E-state index in [4.69, 9.17) is 0 Å². The van der Waals surface area contributed by atoms with Crippen LogP contribution in [0.15, 0.2) is 77.7 Å². The Morgan fingerprint density at radius 1 is 0.971 bits per heavy atom. The number of pyridine rings is 1. The van der Waals surface area contributed by atoms with Crippen LogP contribution in [-0.2, 0) is 17.8 Å². The molecule has 3 aromatic carbocycles. The molecule has 1 aromatic heterocycles. The first-order valence-corrected chi connectivity index (χ1v) is 10.9. The summed E-state index contributed by atoms with van der Waals surface area (Å²) in [6.45, 7) is 4.10. The van der Waals surface area contributed by atoms with Gasteiger partial charge in [0.1, 0.15) is 5.75 Å². The third-order valence-corrected chi connectivity index (χ3v) is 5.66. The number of benzene rings is 3. The molecule has 4 aromatic rings. The monoisotopic (exact) mass is 480 g/mol. The van der Waals surface area contributed by atoms with E-state index in [9.17, 15) is 22.8 Å². The van der Waals surface area contributed by atoms with Crippen LogP contribution < -0.4 is 15.6 Å². The van der Waals surface area contributed by atoms with Gasteiger partial charge in [-0.05, 0) is 60.9 Å². The van der Waals surface area contributed by atoms with Crippen molar-refractivity contribution >= 4 is 22.4 Å². The average molecular weight is 480 g/mol. The Morgan fingerprint density at radius 2 is 1.71 bits per heavy atom. The summed E-state index contributed by atoms with van der Waals surface area (Å²) in [6.07, 6.45) is -2.94. The Morgan fingerprint density at radius 3 is 2.43 bits per heavy atom. The largest absolute Gasteiger partial charge is 0.573 e. The maximum absolute atomic E-state index is 13.1. The lowest BCUT2D eigenvalue weighted by Gasteiger charge is -2.13. The number of rotatable bonds is 6. The molecule has 0 saturated heterocycles. The molecule has 0 aliphatic rings. The predicted octanol–water partition coefficient (Wildman–Crippen LogP) is 5.75. The van der Waals surface area contributed by atoms with Gasteiger partial charge < -0.3 is 14.6 Å². The van der Waals surface area contributed by atoms with Gasteiger partial charge in [0.05, 0.1) is 13.0 Å². The minimum Gasteiger partial charge on any atom is -0.406 e. The van der Waals surface area contributed by atoms with Gasteiger partial charge in [0.25, 0.3) is 5.56 Å². The Bertz CT molecular complexity index is 1440. The highest BCUT2D eigenvalue weighted by atomic mass is 19.4. The molecular weight excluding hydrogens is 457 g/mol. The summed E-state index contributed by atoms with van der Waals surface area (Å²) in [5, 5.41) is 3.94. The Kier molecular flexibility index (Phi) is 6.64. The normalized spacial score (nSPS) is 11.5. The number of anilines is 1. The molecule has 0 bridgehead atoms. The molecule has 5 nitrogen and oxygen atoms in total. The molecule has 0 aliphatic carbocycles. The first kappa shape index (κ1) is 24.1. The number of nitrogens with zero attached hydrogens (tertiary/aromatic N) is 1. The molecule has 1 amide bonds. The molecule has 0 fully saturated rings. The Balaban J connectivity index is 1.54. The number of alkyl halides is 3. The van der Waals surface area contributed by atoms with Crippen LogP contribution in [0.5, 0.6) is 5.75 Å². The second-order valence-corrected chi connectivity index (χ2v) is 8.36. The maximum Gasteiger partial charge on any atom is 0.573 e. The lowest BCUT2D eigenvalue weighted by molar-refractivity contribution is -0.274. The molecule has 0 atom stereocenters. The number of aryl methyl sites for hydroxylation is 2. The van der Waals surface area contributed by atoms with Crippen LogP contribution in [0.25, 0.3) is 10.8 Å². The second kappa shape index (κ2) is 9.66. The number of fused-ring (bicyclic) bond motifs is 1. The van der Waals surface area contributed by atoms with E-state index in [1.165, 1.54) is 28.8 Å². The van der Waals surface area contributed by atoms with E-state index in [-0.39, 0.29) is 30.2 Å². The number of aromatic nitrogens is 1. The van der Waals surface area contributed by atoms with Gasteiger partial charge in [0.15, 0.2) is 0 Å². The molecule has 0 saturated carbocycles. The fourth-order valence-corrected chi connectivity index (χ4v) is 3.90. The number of hydrogen-bond acceptors (Lipinski definition) is 3. The van der Waals surface area contributed by atoms with Crippen molar-refractivity contribution in [2.45, 2.75) is 33.2 Å². The lowest BCUT2D eigenvalue weighted by atomic mass is 10.0. The highest BCUT2D eigenvalue weighted by molar-refractivity contribution is 6.02. The fourth-order valence-electron chi connectivity index (χ4n) is 3.90. The van der Waals surface area contributed by atoms with E-state index in [0.717, 1.165) is 16.7 Å². The van der Waals surface area contributed by atoms with Gasteiger partial charge in [-0.2, -0.15) is 0 Å². The molecule has 1 N–H and O–H groups in total. The minimum atomic E-state index is -4.76. The van der Waals surface area contributed by atoms with Crippen molar-refractivity contribution in [3.8, 4) is 5.75 Å². The van der Waals surface area contributed by atoms with Crippen LogP contribution in [-0.4, -0.2) is 16.8 Å². The van der Waals surface area contributed by atoms with Crippen molar-refractivity contribution < 1.29 is 22.7 Å². The average Bonchev–Trinajstić information content (AvgIpc) is 2.79. The van der Waals surface area contributed by atoms with Gasteiger partial charge in [-0.3, -0.25) is 9.59 Å². The van der Waals surface area contributed by atoms with Crippen molar-refractivity contribution in [2.24, 2.45) is 0 Å². The predicted molar refractivity (Wildman–Crippen MR) is 129 cm³/mol. The van der Waals surface area contributed by atoms with Gasteiger partial charge >= 0.3 is 6.36 Å². The zero-order valence-electron chi connectivity index (χ0n) is 19.1. The number of ether oxygens (including phenoxy) is 1. The maximum atomic E-state index is 13.1. The molecule has 0 spiro atoms. The van der Waals surface area contributed by atoms with E-state index >= 15 is 0 Å². The zero-order chi connectivity index (χ0) is 25.2. The standard InChI is InChI=1S/C27H23F3N2O3/c1-17-6-7-18(2)20(14-17)15-25(33)31-24-5-3-4-23-22(24)12-13-32(26(23)34)16-19-8-10-21(11-9-19)35-27(28,29)30/h3-14H,15-16H2,1-2H3,(H,31,33). The van der Waals surface area contributed by atoms with E-state index in [1.807, 2.05) is 32.0 Å². The molecule has 0 radical (unpaired) electrons. The van der Waals surface area contributed by atoms with Gasteiger partial charge in [0, 0.05) is 22.7 Å². The van der Waals surface area contributed by atoms with Gasteiger partial charge in [-0.1, -0.05) is 42.0 Å². The van der Waals surface area contributed by atoms with Crippen LogP contribution in [0.3, 0.4) is 0 Å². The molecule has 0 unspecified atom stereocenters. The van der Waals surface area contributed by atoms with Crippen LogP contribution in [0.2, 0.25) is 0 Å². The Hall–Kier alpha value is -4.07. The smallest absolute Gasteiger partial charge is 0.406 e. The summed E-state index contributed by atoms with van der Waals surface area (Å²) in [5.41, 5.74) is 3.95. The van der Waals surface area contributed by atoms with Crippen molar-refractivity contribution in [1.82, 2.24) is 4.57 Å². The molecule has 0 aliphatic heterocycles. The summed E-state index contributed by atoms with van der Waals surface area (Å²) in [6, 6.07) is 18.2. The van der Waals surface area contributed by atoms with Crippen LogP contribution in [0.4, 0.5) is 18.9 Å². The molecule has 180 valence electrons. The molecule has 1 heterocycles. The van der Waals surface area contributed by atoms with Crippen molar-refractivity contribution in [1.29, 1.82) is 0 Å². The topological polar surface area (TPSA) is 60.3 Å². The van der Waals surface area contributed by atoms with E-state index in [0.29, 0.717) is 22.0 Å². The third-order valence-electron chi connectivity index (χ3n) is 5.66. The highest BCUT2D eigenvalue weighted by Crippen LogP contribution is 2.24. The van der Waals surface area contributed by atoms with Gasteiger partial charge in [-0.25, -0.2) is 0 Å². The summed E-state index contributed by atoms with van der Waals surface area (Å²) in [5.74, 6) is -0.509. The van der Waals surface area contributed by atoms with Crippen molar-refractivity contribution in [2.75, 3.05) is 5.32 Å². The van der Waals surface area contributed by atoms with Crippen LogP contribution >= 0.6 is 0 Å². The van der Waals surface area contributed by atoms with Crippen molar-refractivity contribution in [3.63, 3.8) is 0 Å². The van der Waals surface area contributed by atoms with E-state index in [1.54, 1.807) is 30.5 Å². The quantitative estimate of drug-likeness (QED) is 0.383. The number of nitrogens with one attached hydrogen (secondary N) is 1. The molecule has 8 heteroatoms. The minimum absolute atomic E-state index is 0.171. The number of hydrogen-bond donors (Lipinski definition) is 1. The third kappa shape index (κ3) is 5.90. The number of carbonyl (C=O) groups is 1. The number of halogens is 3. The first-order chi connectivity index (χ1) is 16.6. The Labute approximate surface area is 199 Å². The first-order valence-electron chi connectivity index (χ1n) is 10.9. The zero-order valence-corrected chi connectivity index (χ0v) is 19.1. The number of carbonyl (C=O) groups excluding carboxylic acids is 1. The van der Waals surface area contributed by atoms with Crippen molar-refractivity contribution in [3.05, 3.63) is 106 Å². The van der Waals surface area contributed by atoms with Crippen LogP contribution in [0.1, 0.15) is 22.3 Å². The second-order valence-electron chi connectivity index (χ2n) is 8.36. The summed E-state index contributed by atoms with van der Waals surface area (Å²) in [4.78, 5) is 25.8. The highest BCUT2D eigenvalue weighted by Gasteiger charge is 2.30. The lowest BCUT2D eigenvalue weighted by Crippen LogP contribution is -2.21. The summed E-state index contributed by atoms with van der Waals surface area (Å²) >= 11 is 0. The number of amides is 1. The van der Waals surface area contributed by atoms with E-state index < -0.39 is 6.36 Å². The van der Waals surface area contributed by atoms with Crippen LogP contribution in [0, 0.1) is 13.8 Å². The SMILES string of the molecule is Cc1ccc(C)c(CC(=O)Nc2cccc3c(=O)n(Cc4ccc(OC(F)(F)F)cc4)ccc23)c1. The van der Waals surface area contributed by atoms with Gasteiger partial charge in [-0.15, -0.1) is 13.2 Å². The molecule has 35 heavy (non-hydrogen) atoms. The summed E-state index contributed by atoms with van der Waals surface area (Å²) in [7, 11) is 0. The van der Waals surface area contributed by atoms with Gasteiger partial charge in [0.2, 0.25) is 5.91 Å². The van der Waals surface area contributed by atoms with E-state index in [2.05, 4.69) is 10.1 Å². The fraction of sp³-hybridized carbons (Fsp3) is 0.185. The molecule has 4 rings (SSSR count). The summed E-state index contributed by atoms with van der Waals surface area (Å²) < 4.78 is 42.4.